The molecular weight excluding hydrogens is 412 g/mol. The number of methoxy groups -OCH3 is 1. The van der Waals surface area contributed by atoms with Crippen LogP contribution in [0.15, 0.2) is 6.33 Å². The van der Waals surface area contributed by atoms with Crippen molar-refractivity contribution < 1.29 is 14.3 Å². The third kappa shape index (κ3) is 4.68. The highest BCUT2D eigenvalue weighted by molar-refractivity contribution is 7.19. The zero-order chi connectivity index (χ0) is 22.0. The van der Waals surface area contributed by atoms with Crippen LogP contribution in [0.1, 0.15) is 56.4 Å². The molecule has 1 aliphatic carbocycles. The number of amides is 1. The van der Waals surface area contributed by atoms with Gasteiger partial charge in [0.05, 0.1) is 12.5 Å². The number of piperidine rings is 1. The third-order valence-corrected chi connectivity index (χ3v) is 7.61. The first kappa shape index (κ1) is 22.0. The molecule has 0 saturated carbocycles. The number of carbonyl (C=O) groups is 2. The van der Waals surface area contributed by atoms with Crippen LogP contribution in [0.5, 0.6) is 0 Å². The van der Waals surface area contributed by atoms with Crippen molar-refractivity contribution in [3.05, 3.63) is 16.8 Å². The van der Waals surface area contributed by atoms with Crippen LogP contribution in [0, 0.1) is 11.8 Å². The van der Waals surface area contributed by atoms with Crippen LogP contribution >= 0.6 is 11.3 Å². The van der Waals surface area contributed by atoms with Gasteiger partial charge >= 0.3 is 5.97 Å². The van der Waals surface area contributed by atoms with E-state index in [9.17, 15) is 9.59 Å². The molecule has 1 amide bonds. The van der Waals surface area contributed by atoms with Gasteiger partial charge in [-0.25, -0.2) is 14.8 Å². The number of nitrogens with zero attached hydrogens (tertiary/aromatic N) is 3. The topological polar surface area (TPSA) is 84.4 Å². The summed E-state index contributed by atoms with van der Waals surface area (Å²) in [7, 11) is 1.37. The van der Waals surface area contributed by atoms with Gasteiger partial charge in [-0.15, -0.1) is 11.3 Å². The number of esters is 1. The molecule has 2 aromatic heterocycles. The average Bonchev–Trinajstić information content (AvgIpc) is 3.16. The van der Waals surface area contributed by atoms with Gasteiger partial charge in [-0.05, 0) is 56.4 Å². The van der Waals surface area contributed by atoms with Gasteiger partial charge in [-0.1, -0.05) is 13.8 Å². The molecule has 1 fully saturated rings. The largest absolute Gasteiger partial charge is 0.467 e. The predicted molar refractivity (Wildman–Crippen MR) is 122 cm³/mol. The summed E-state index contributed by atoms with van der Waals surface area (Å²) in [6.45, 7) is 5.63. The van der Waals surface area contributed by atoms with Crippen LogP contribution < -0.4 is 10.2 Å². The minimum atomic E-state index is -0.575. The van der Waals surface area contributed by atoms with Crippen molar-refractivity contribution in [1.82, 2.24) is 15.3 Å². The van der Waals surface area contributed by atoms with Crippen LogP contribution in [0.3, 0.4) is 0 Å². The fourth-order valence-electron chi connectivity index (χ4n) is 4.78. The summed E-state index contributed by atoms with van der Waals surface area (Å²) in [6.07, 6.45) is 8.50. The number of nitrogens with one attached hydrogen (secondary N) is 1. The molecule has 0 unspecified atom stereocenters. The second-order valence-electron chi connectivity index (χ2n) is 9.06. The molecule has 3 heterocycles. The van der Waals surface area contributed by atoms with Gasteiger partial charge in [0.15, 0.2) is 0 Å². The quantitative estimate of drug-likeness (QED) is 0.687. The Kier molecular flexibility index (Phi) is 6.74. The number of aromatic nitrogens is 2. The molecule has 4 rings (SSSR count). The Morgan fingerprint density at radius 3 is 2.68 bits per heavy atom. The van der Waals surface area contributed by atoms with Crippen LogP contribution in [-0.2, 0) is 27.2 Å². The minimum Gasteiger partial charge on any atom is -0.467 e. The SMILES string of the molecule is COC(=O)[C@H](CC(C)C)NC(=O)C1CCN(c2ncnc3sc4c(c23)CCCC4)CC1. The van der Waals surface area contributed by atoms with Crippen LogP contribution in [-0.4, -0.2) is 48.1 Å². The van der Waals surface area contributed by atoms with E-state index >= 15 is 0 Å². The number of anilines is 1. The Balaban J connectivity index is 1.44. The number of hydrogen-bond acceptors (Lipinski definition) is 7. The smallest absolute Gasteiger partial charge is 0.328 e. The molecule has 7 nitrogen and oxygen atoms in total. The number of aryl methyl sites for hydroxylation is 2. The third-order valence-electron chi connectivity index (χ3n) is 6.41. The van der Waals surface area contributed by atoms with E-state index in [0.29, 0.717) is 12.3 Å². The lowest BCUT2D eigenvalue weighted by Gasteiger charge is -2.33. The number of fused-ring (bicyclic) bond motifs is 3. The summed E-state index contributed by atoms with van der Waals surface area (Å²) < 4.78 is 4.88. The maximum absolute atomic E-state index is 12.9. The molecule has 0 aromatic carbocycles. The van der Waals surface area contributed by atoms with E-state index in [4.69, 9.17) is 4.74 Å². The van der Waals surface area contributed by atoms with Gasteiger partial charge in [-0.3, -0.25) is 4.79 Å². The molecule has 2 aliphatic rings. The summed E-state index contributed by atoms with van der Waals surface area (Å²) in [6, 6.07) is -0.575. The van der Waals surface area contributed by atoms with Gasteiger partial charge in [0, 0.05) is 23.9 Å². The van der Waals surface area contributed by atoms with Gasteiger partial charge in [0.1, 0.15) is 23.0 Å². The van der Waals surface area contributed by atoms with Crippen LogP contribution in [0.4, 0.5) is 5.82 Å². The van der Waals surface area contributed by atoms with E-state index in [1.54, 1.807) is 6.33 Å². The molecular formula is C23H32N4O3S. The average molecular weight is 445 g/mol. The fraction of sp³-hybridized carbons (Fsp3) is 0.652. The Hall–Kier alpha value is -2.22. The zero-order valence-electron chi connectivity index (χ0n) is 18.6. The standard InChI is InChI=1S/C23H32N4O3S/c1-14(2)12-17(23(29)30-3)26-21(28)15-8-10-27(11-9-15)20-19-16-6-4-5-7-18(16)31-22(19)25-13-24-20/h13-15,17H,4-12H2,1-3H3,(H,26,28)/t17-/m0/s1. The number of hydrogen-bond donors (Lipinski definition) is 1. The maximum atomic E-state index is 12.9. The Bertz CT molecular complexity index is 950. The van der Waals surface area contributed by atoms with Crippen molar-refractivity contribution in [1.29, 1.82) is 0 Å². The summed E-state index contributed by atoms with van der Waals surface area (Å²) in [5.74, 6) is 0.810. The lowest BCUT2D eigenvalue weighted by molar-refractivity contribution is -0.146. The summed E-state index contributed by atoms with van der Waals surface area (Å²) >= 11 is 1.81. The van der Waals surface area contributed by atoms with Gasteiger partial charge in [0.25, 0.3) is 0 Å². The van der Waals surface area contributed by atoms with Crippen LogP contribution in [0.25, 0.3) is 10.2 Å². The lowest BCUT2D eigenvalue weighted by atomic mass is 9.93. The highest BCUT2D eigenvalue weighted by Gasteiger charge is 2.31. The molecule has 1 aliphatic heterocycles. The molecule has 8 heteroatoms. The minimum absolute atomic E-state index is 0.0450. The first-order valence-electron chi connectivity index (χ1n) is 11.4. The Morgan fingerprint density at radius 2 is 1.97 bits per heavy atom. The molecule has 31 heavy (non-hydrogen) atoms. The van der Waals surface area contributed by atoms with E-state index in [1.165, 1.54) is 35.8 Å². The number of rotatable bonds is 6. The molecule has 1 atom stereocenters. The molecule has 0 spiro atoms. The second-order valence-corrected chi connectivity index (χ2v) is 10.1. The maximum Gasteiger partial charge on any atom is 0.328 e. The molecule has 2 aromatic rings. The number of ether oxygens (including phenoxy) is 1. The van der Waals surface area contributed by atoms with E-state index < -0.39 is 6.04 Å². The Morgan fingerprint density at radius 1 is 1.23 bits per heavy atom. The fourth-order valence-corrected chi connectivity index (χ4v) is 6.01. The van der Waals surface area contributed by atoms with Crippen LogP contribution in [0.2, 0.25) is 0 Å². The molecule has 1 saturated heterocycles. The van der Waals surface area contributed by atoms with Gasteiger partial charge in [0.2, 0.25) is 5.91 Å². The van der Waals surface area contributed by atoms with Gasteiger partial charge in [-0.2, -0.15) is 0 Å². The van der Waals surface area contributed by atoms with Crippen molar-refractivity contribution in [2.75, 3.05) is 25.1 Å². The second kappa shape index (κ2) is 9.51. The summed E-state index contributed by atoms with van der Waals surface area (Å²) in [5.41, 5.74) is 1.44. The zero-order valence-corrected chi connectivity index (χ0v) is 19.5. The van der Waals surface area contributed by atoms with Crippen molar-refractivity contribution in [3.63, 3.8) is 0 Å². The Labute approximate surface area is 187 Å². The summed E-state index contributed by atoms with van der Waals surface area (Å²) in [4.78, 5) is 39.0. The van der Waals surface area contributed by atoms with E-state index in [-0.39, 0.29) is 17.8 Å². The highest BCUT2D eigenvalue weighted by Crippen LogP contribution is 2.40. The van der Waals surface area contributed by atoms with E-state index in [1.807, 2.05) is 25.2 Å². The van der Waals surface area contributed by atoms with Crippen molar-refractivity contribution in [3.8, 4) is 0 Å². The van der Waals surface area contributed by atoms with Crippen molar-refractivity contribution in [2.24, 2.45) is 11.8 Å². The monoisotopic (exact) mass is 444 g/mol. The number of thiophene rings is 1. The van der Waals surface area contributed by atoms with E-state index in [2.05, 4.69) is 20.2 Å². The molecule has 0 bridgehead atoms. The summed E-state index contributed by atoms with van der Waals surface area (Å²) in [5, 5.41) is 4.16. The first-order valence-corrected chi connectivity index (χ1v) is 12.2. The van der Waals surface area contributed by atoms with Gasteiger partial charge < -0.3 is 15.0 Å². The highest BCUT2D eigenvalue weighted by atomic mass is 32.1. The number of carbonyl (C=O) groups excluding carboxylic acids is 2. The molecule has 0 radical (unpaired) electrons. The normalized spacial score (nSPS) is 18.1. The van der Waals surface area contributed by atoms with Crippen molar-refractivity contribution in [2.45, 2.75) is 64.8 Å². The molecule has 168 valence electrons. The van der Waals surface area contributed by atoms with E-state index in [0.717, 1.165) is 49.4 Å². The van der Waals surface area contributed by atoms with Crippen molar-refractivity contribution >= 4 is 39.2 Å². The first-order chi connectivity index (χ1) is 15.0. The lowest BCUT2D eigenvalue weighted by Crippen LogP contribution is -2.47. The predicted octanol–water partition coefficient (Wildman–Crippen LogP) is 3.49. The molecule has 1 N–H and O–H groups in total.